The minimum atomic E-state index is -0.881. The molecular formula is C27H29NO4. The van der Waals surface area contributed by atoms with Crippen molar-refractivity contribution in [3.05, 3.63) is 89.0 Å². The molecule has 3 rings (SSSR count). The number of amides is 1. The first kappa shape index (κ1) is 23.1. The molecule has 1 N–H and O–H groups in total. The van der Waals surface area contributed by atoms with Crippen LogP contribution < -0.4 is 4.74 Å². The minimum absolute atomic E-state index is 0.0139. The molecule has 0 atom stereocenters. The van der Waals surface area contributed by atoms with Gasteiger partial charge in [0.15, 0.2) is 0 Å². The third kappa shape index (κ3) is 5.97. The molecule has 32 heavy (non-hydrogen) atoms. The molecule has 0 unspecified atom stereocenters. The Labute approximate surface area is 189 Å². The van der Waals surface area contributed by atoms with Crippen molar-refractivity contribution in [2.24, 2.45) is 0 Å². The number of methoxy groups -OCH3 is 1. The fourth-order valence-corrected chi connectivity index (χ4v) is 3.83. The third-order valence-corrected chi connectivity index (χ3v) is 5.49. The van der Waals surface area contributed by atoms with Crippen molar-refractivity contribution in [2.45, 2.75) is 33.2 Å². The first-order valence-electron chi connectivity index (χ1n) is 10.7. The highest BCUT2D eigenvalue weighted by atomic mass is 16.5. The van der Waals surface area contributed by atoms with E-state index in [1.165, 1.54) is 5.56 Å². The Balaban J connectivity index is 1.95. The lowest BCUT2D eigenvalue weighted by molar-refractivity contribution is -0.136. The van der Waals surface area contributed by atoms with E-state index in [9.17, 15) is 14.7 Å². The van der Waals surface area contributed by atoms with Crippen molar-refractivity contribution in [3.8, 4) is 16.9 Å². The zero-order valence-electron chi connectivity index (χ0n) is 18.8. The molecule has 0 aliphatic carbocycles. The van der Waals surface area contributed by atoms with Crippen LogP contribution in [0.1, 0.15) is 29.2 Å². The van der Waals surface area contributed by atoms with E-state index >= 15 is 0 Å². The van der Waals surface area contributed by atoms with Gasteiger partial charge in [0.2, 0.25) is 5.91 Å². The average Bonchev–Trinajstić information content (AvgIpc) is 2.77. The van der Waals surface area contributed by atoms with Crippen LogP contribution in [0.25, 0.3) is 11.1 Å². The van der Waals surface area contributed by atoms with Crippen LogP contribution in [0, 0.1) is 6.92 Å². The van der Waals surface area contributed by atoms with Gasteiger partial charge in [0.1, 0.15) is 5.75 Å². The fraction of sp³-hybridized carbons (Fsp3) is 0.259. The van der Waals surface area contributed by atoms with E-state index in [2.05, 4.69) is 18.2 Å². The Morgan fingerprint density at radius 3 is 2.34 bits per heavy atom. The zero-order valence-corrected chi connectivity index (χ0v) is 18.8. The number of aryl methyl sites for hydroxylation is 1. The van der Waals surface area contributed by atoms with Gasteiger partial charge >= 0.3 is 5.97 Å². The molecule has 1 amide bonds. The number of hydrogen-bond donors (Lipinski definition) is 1. The van der Waals surface area contributed by atoms with Crippen LogP contribution >= 0.6 is 0 Å². The summed E-state index contributed by atoms with van der Waals surface area (Å²) >= 11 is 0. The molecule has 0 radical (unpaired) electrons. The molecule has 5 nitrogen and oxygen atoms in total. The molecule has 0 heterocycles. The summed E-state index contributed by atoms with van der Waals surface area (Å²) in [5.74, 6) is -0.197. The second-order valence-electron chi connectivity index (χ2n) is 7.94. The summed E-state index contributed by atoms with van der Waals surface area (Å²) < 4.78 is 5.57. The molecule has 0 saturated carbocycles. The van der Waals surface area contributed by atoms with E-state index in [-0.39, 0.29) is 12.3 Å². The molecule has 0 saturated heterocycles. The number of nitrogens with zero attached hydrogens (tertiary/aromatic N) is 1. The predicted octanol–water partition coefficient (Wildman–Crippen LogP) is 4.89. The van der Waals surface area contributed by atoms with Crippen molar-refractivity contribution in [3.63, 3.8) is 0 Å². The van der Waals surface area contributed by atoms with Crippen LogP contribution in [0.5, 0.6) is 5.75 Å². The number of aliphatic carboxylic acids is 1. The van der Waals surface area contributed by atoms with Crippen molar-refractivity contribution < 1.29 is 19.4 Å². The Bertz CT molecular complexity index is 1090. The summed E-state index contributed by atoms with van der Waals surface area (Å²) in [6.45, 7) is 4.69. The van der Waals surface area contributed by atoms with Gasteiger partial charge in [0, 0.05) is 25.6 Å². The van der Waals surface area contributed by atoms with Crippen LogP contribution in [0.4, 0.5) is 0 Å². The highest BCUT2D eigenvalue weighted by Crippen LogP contribution is 2.34. The van der Waals surface area contributed by atoms with Crippen molar-refractivity contribution in [1.82, 2.24) is 4.90 Å². The predicted molar refractivity (Wildman–Crippen MR) is 126 cm³/mol. The Hall–Kier alpha value is -3.60. The number of carbonyl (C=O) groups is 2. The monoisotopic (exact) mass is 431 g/mol. The Morgan fingerprint density at radius 1 is 0.938 bits per heavy atom. The van der Waals surface area contributed by atoms with Crippen molar-refractivity contribution >= 4 is 11.9 Å². The molecule has 0 aliphatic rings. The van der Waals surface area contributed by atoms with E-state index < -0.39 is 5.97 Å². The Morgan fingerprint density at radius 2 is 1.69 bits per heavy atom. The van der Waals surface area contributed by atoms with Gasteiger partial charge in [-0.1, -0.05) is 60.2 Å². The summed E-state index contributed by atoms with van der Waals surface area (Å²) in [7, 11) is 1.60. The highest BCUT2D eigenvalue weighted by Gasteiger charge is 2.17. The number of carboxylic acid groups (broad SMARTS) is 1. The molecular weight excluding hydrogens is 402 g/mol. The quantitative estimate of drug-likeness (QED) is 0.524. The smallest absolute Gasteiger partial charge is 0.307 e. The Kier molecular flexibility index (Phi) is 7.66. The number of ether oxygens (including phenoxy) is 1. The SMILES string of the molecule is COc1ccc(CC(=O)O)cc1-c1ccc(C)cc1CN(CCc1ccccc1)C(C)=O. The summed E-state index contributed by atoms with van der Waals surface area (Å²) in [4.78, 5) is 25.5. The maximum absolute atomic E-state index is 12.4. The molecule has 0 aliphatic heterocycles. The van der Waals surface area contributed by atoms with Crippen LogP contribution in [0.3, 0.4) is 0 Å². The number of carbonyl (C=O) groups excluding carboxylic acids is 1. The van der Waals surface area contributed by atoms with Gasteiger partial charge in [-0.15, -0.1) is 0 Å². The first-order chi connectivity index (χ1) is 15.4. The van der Waals surface area contributed by atoms with Gasteiger partial charge < -0.3 is 14.7 Å². The second-order valence-corrected chi connectivity index (χ2v) is 7.94. The van der Waals surface area contributed by atoms with Gasteiger partial charge in [-0.3, -0.25) is 9.59 Å². The molecule has 0 spiro atoms. The van der Waals surface area contributed by atoms with Gasteiger partial charge in [-0.2, -0.15) is 0 Å². The number of hydrogen-bond acceptors (Lipinski definition) is 3. The van der Waals surface area contributed by atoms with E-state index in [1.54, 1.807) is 26.2 Å². The van der Waals surface area contributed by atoms with E-state index in [0.717, 1.165) is 28.7 Å². The van der Waals surface area contributed by atoms with Crippen LogP contribution in [-0.4, -0.2) is 35.5 Å². The van der Waals surface area contributed by atoms with Crippen LogP contribution in [0.15, 0.2) is 66.7 Å². The third-order valence-electron chi connectivity index (χ3n) is 5.49. The summed E-state index contributed by atoms with van der Waals surface area (Å²) in [6, 6.07) is 21.7. The van der Waals surface area contributed by atoms with Gasteiger partial charge in [0.05, 0.1) is 13.5 Å². The molecule has 3 aromatic carbocycles. The maximum Gasteiger partial charge on any atom is 0.307 e. The summed E-state index contributed by atoms with van der Waals surface area (Å²) in [5, 5.41) is 9.20. The molecule has 5 heteroatoms. The largest absolute Gasteiger partial charge is 0.496 e. The fourth-order valence-electron chi connectivity index (χ4n) is 3.83. The lowest BCUT2D eigenvalue weighted by atomic mass is 9.94. The maximum atomic E-state index is 12.4. The van der Waals surface area contributed by atoms with Crippen LogP contribution in [-0.2, 0) is 29.0 Å². The highest BCUT2D eigenvalue weighted by molar-refractivity contribution is 5.78. The number of rotatable bonds is 9. The molecule has 0 fully saturated rings. The minimum Gasteiger partial charge on any atom is -0.496 e. The summed E-state index contributed by atoms with van der Waals surface area (Å²) in [6.07, 6.45) is 0.716. The zero-order chi connectivity index (χ0) is 23.1. The molecule has 166 valence electrons. The molecule has 0 bridgehead atoms. The van der Waals surface area contributed by atoms with E-state index in [4.69, 9.17) is 4.74 Å². The second kappa shape index (κ2) is 10.6. The molecule has 3 aromatic rings. The van der Waals surface area contributed by atoms with Gasteiger partial charge in [-0.25, -0.2) is 0 Å². The lowest BCUT2D eigenvalue weighted by Gasteiger charge is -2.24. The van der Waals surface area contributed by atoms with Crippen LogP contribution in [0.2, 0.25) is 0 Å². The lowest BCUT2D eigenvalue weighted by Crippen LogP contribution is -2.30. The standard InChI is InChI=1S/C27H29NO4/c1-19-9-11-24(25-16-22(17-27(30)31)10-12-26(25)32-3)23(15-19)18-28(20(2)29)14-13-21-7-5-4-6-8-21/h4-12,15-16H,13-14,17-18H2,1-3H3,(H,30,31). The number of benzene rings is 3. The molecule has 0 aromatic heterocycles. The van der Waals surface area contributed by atoms with E-state index in [1.807, 2.05) is 48.2 Å². The summed E-state index contributed by atoms with van der Waals surface area (Å²) in [5.41, 5.74) is 5.74. The number of carboxylic acids is 1. The van der Waals surface area contributed by atoms with E-state index in [0.29, 0.717) is 24.4 Å². The normalized spacial score (nSPS) is 10.6. The van der Waals surface area contributed by atoms with Gasteiger partial charge in [-0.05, 0) is 47.7 Å². The first-order valence-corrected chi connectivity index (χ1v) is 10.7. The van der Waals surface area contributed by atoms with Gasteiger partial charge in [0.25, 0.3) is 0 Å². The topological polar surface area (TPSA) is 66.8 Å². The van der Waals surface area contributed by atoms with Crippen molar-refractivity contribution in [2.75, 3.05) is 13.7 Å². The van der Waals surface area contributed by atoms with Crippen molar-refractivity contribution in [1.29, 1.82) is 0 Å². The average molecular weight is 432 g/mol.